The molecule has 2 bridgehead atoms. The van der Waals surface area contributed by atoms with Crippen molar-refractivity contribution in [2.24, 2.45) is 5.92 Å². The van der Waals surface area contributed by atoms with E-state index in [4.69, 9.17) is 21.1 Å². The molecule has 5 aromatic rings. The first-order chi connectivity index (χ1) is 29.7. The van der Waals surface area contributed by atoms with E-state index in [2.05, 4.69) is 15.6 Å². The number of carbonyl (C=O) groups excluding carboxylic acids is 2. The summed E-state index contributed by atoms with van der Waals surface area (Å²) < 4.78 is 13.0. The number of aromatic nitrogens is 1. The van der Waals surface area contributed by atoms with Gasteiger partial charge in [-0.15, -0.1) is 0 Å². The van der Waals surface area contributed by atoms with E-state index in [1.54, 1.807) is 12.1 Å². The average Bonchev–Trinajstić information content (AvgIpc) is 3.26. The first-order valence-electron chi connectivity index (χ1n) is 21.8. The molecule has 4 heterocycles. The fourth-order valence-corrected chi connectivity index (χ4v) is 9.24. The molecule has 1 aromatic heterocycles. The molecule has 2 unspecified atom stereocenters. The highest BCUT2D eigenvalue weighted by molar-refractivity contribution is 6.30. The number of ketones is 1. The second-order valence-corrected chi connectivity index (χ2v) is 17.2. The van der Waals surface area contributed by atoms with Gasteiger partial charge in [0, 0.05) is 47.3 Å². The van der Waals surface area contributed by atoms with Gasteiger partial charge in [0.2, 0.25) is 11.3 Å². The average molecular weight is 850 g/mol. The topological polar surface area (TPSA) is 150 Å². The number of hydrogen-bond acceptors (Lipinski definition) is 8. The smallest absolute Gasteiger partial charge is 0.408 e. The van der Waals surface area contributed by atoms with E-state index in [0.29, 0.717) is 52.2 Å². The number of phenolic OH excluding ortho intramolecular Hbond substituents is 1. The van der Waals surface area contributed by atoms with Crippen molar-refractivity contribution in [2.45, 2.75) is 76.0 Å². The standard InChI is InChI=1S/C49H57ClN4O7/c50-38-17-11-15-36(29-38)47(53-49(59)61-45-33-54(26-23-35(45)24-27-54)32-44(57)34-13-7-6-8-14-34)37-16-12-18-39(30-37)60-28-10-5-3-1-2-4-9-25-51-31-43(56)40-19-21-42(55)48-41(40)20-22-46(58)52-48/h6-8,11-22,29-30,35,43,45,47,51,56H,1-5,9-10,23-28,31-33H2,(H2-,52,53,55,58,59)/p+1/t35?,43?,45-,47?,54?/m0/s1. The molecule has 3 atom stereocenters. The molecule has 0 aliphatic carbocycles. The molecule has 61 heavy (non-hydrogen) atoms. The maximum atomic E-state index is 13.7. The maximum Gasteiger partial charge on any atom is 0.408 e. The Morgan fingerprint density at radius 1 is 0.836 bits per heavy atom. The fraction of sp³-hybridized carbons (Fsp3) is 0.408. The number of carbonyl (C=O) groups is 2. The number of unbranched alkanes of at least 4 members (excludes halogenated alkanes) is 6. The van der Waals surface area contributed by atoms with E-state index in [0.717, 1.165) is 99.9 Å². The summed E-state index contributed by atoms with van der Waals surface area (Å²) in [5, 5.41) is 28.5. The van der Waals surface area contributed by atoms with E-state index in [1.165, 1.54) is 12.1 Å². The van der Waals surface area contributed by atoms with Gasteiger partial charge < -0.3 is 39.8 Å². The Morgan fingerprint density at radius 2 is 1.56 bits per heavy atom. The Balaban J connectivity index is 0.824. The van der Waals surface area contributed by atoms with Gasteiger partial charge in [-0.05, 0) is 72.5 Å². The number of rotatable bonds is 21. The van der Waals surface area contributed by atoms with E-state index < -0.39 is 18.2 Å². The van der Waals surface area contributed by atoms with Crippen molar-refractivity contribution in [3.05, 3.63) is 141 Å². The molecule has 11 nitrogen and oxygen atoms in total. The van der Waals surface area contributed by atoms with Crippen molar-refractivity contribution in [3.8, 4) is 11.5 Å². The highest BCUT2D eigenvalue weighted by Crippen LogP contribution is 2.36. The summed E-state index contributed by atoms with van der Waals surface area (Å²) in [5.41, 5.74) is 3.12. The summed E-state index contributed by atoms with van der Waals surface area (Å²) >= 11 is 6.43. The molecular formula is C49H58ClN4O7+. The summed E-state index contributed by atoms with van der Waals surface area (Å²) in [5.74, 6) is 1.13. The van der Waals surface area contributed by atoms with Crippen molar-refractivity contribution in [3.63, 3.8) is 0 Å². The lowest BCUT2D eigenvalue weighted by atomic mass is 9.83. The van der Waals surface area contributed by atoms with E-state index in [9.17, 15) is 24.6 Å². The van der Waals surface area contributed by atoms with Gasteiger partial charge in [0.15, 0.2) is 6.10 Å². The first-order valence-corrected chi connectivity index (χ1v) is 22.2. The number of aromatic amines is 1. The third kappa shape index (κ3) is 11.8. The number of H-pyrrole nitrogens is 1. The summed E-state index contributed by atoms with van der Waals surface area (Å²) in [7, 11) is 0. The molecule has 1 amide bonds. The number of piperidine rings is 3. The lowest BCUT2D eigenvalue weighted by Crippen LogP contribution is -2.66. The molecular weight excluding hydrogens is 792 g/mol. The van der Waals surface area contributed by atoms with Crippen LogP contribution in [0.1, 0.15) is 97.0 Å². The van der Waals surface area contributed by atoms with Gasteiger partial charge in [0.1, 0.15) is 24.6 Å². The van der Waals surface area contributed by atoms with Gasteiger partial charge in [0.05, 0.1) is 37.4 Å². The number of phenols is 1. The number of ether oxygens (including phenoxy) is 2. The quantitative estimate of drug-likeness (QED) is 0.0280. The van der Waals surface area contributed by atoms with Crippen LogP contribution in [0, 0.1) is 5.92 Å². The number of fused-ring (bicyclic) bond motifs is 4. The fourth-order valence-electron chi connectivity index (χ4n) is 9.04. The number of pyridine rings is 1. The second kappa shape index (κ2) is 21.1. The van der Waals surface area contributed by atoms with Gasteiger partial charge in [-0.25, -0.2) is 4.79 Å². The lowest BCUT2D eigenvalue weighted by Gasteiger charge is -2.51. The molecule has 0 radical (unpaired) electrons. The van der Waals surface area contributed by atoms with Crippen molar-refractivity contribution in [1.29, 1.82) is 0 Å². The van der Waals surface area contributed by atoms with Crippen LogP contribution >= 0.6 is 11.6 Å². The van der Waals surface area contributed by atoms with Crippen LogP contribution in [0.4, 0.5) is 4.79 Å². The molecule has 3 aliphatic heterocycles. The Bertz CT molecular complexity index is 2290. The summed E-state index contributed by atoms with van der Waals surface area (Å²) in [6.45, 7) is 4.67. The normalized spacial score (nSPS) is 19.3. The zero-order chi connectivity index (χ0) is 42.6. The predicted octanol–water partition coefficient (Wildman–Crippen LogP) is 8.63. The Labute approximate surface area is 362 Å². The molecule has 322 valence electrons. The first kappa shape index (κ1) is 43.9. The maximum absolute atomic E-state index is 13.7. The summed E-state index contributed by atoms with van der Waals surface area (Å²) in [4.78, 5) is 41.2. The Kier molecular flexibility index (Phi) is 15.1. The number of aliphatic hydroxyl groups excluding tert-OH is 1. The molecule has 5 N–H and O–H groups in total. The number of hydrogen-bond donors (Lipinski definition) is 5. The highest BCUT2D eigenvalue weighted by atomic mass is 35.5. The third-order valence-electron chi connectivity index (χ3n) is 12.4. The summed E-state index contributed by atoms with van der Waals surface area (Å²) in [6.07, 6.45) is 7.86. The van der Waals surface area contributed by atoms with E-state index in [-0.39, 0.29) is 29.1 Å². The minimum absolute atomic E-state index is 0.0189. The molecule has 12 heteroatoms. The molecule has 3 saturated heterocycles. The SMILES string of the molecule is O=C(NC(c1cccc(Cl)c1)c1cccc(OCCCCCCCCCNCC(O)c2ccc(O)c3[nH]c(=O)ccc23)c1)O[C@H]1C[N+]2(CC(=O)c3ccccc3)CCC1CC2. The number of aromatic hydroxyl groups is 1. The van der Waals surface area contributed by atoms with Crippen LogP contribution < -0.4 is 20.9 Å². The minimum Gasteiger partial charge on any atom is -0.506 e. The number of halogens is 1. The van der Waals surface area contributed by atoms with Crippen LogP contribution in [0.3, 0.4) is 0 Å². The van der Waals surface area contributed by atoms with Crippen molar-refractivity contribution in [1.82, 2.24) is 15.6 Å². The summed E-state index contributed by atoms with van der Waals surface area (Å²) in [6, 6.07) is 30.5. The number of aliphatic hydroxyl groups is 1. The van der Waals surface area contributed by atoms with Gasteiger partial charge in [-0.3, -0.25) is 9.59 Å². The van der Waals surface area contributed by atoms with Crippen molar-refractivity contribution in [2.75, 3.05) is 45.9 Å². The Morgan fingerprint density at radius 3 is 2.33 bits per heavy atom. The molecule has 3 fully saturated rings. The number of nitrogens with zero attached hydrogens (tertiary/aromatic N) is 1. The molecule has 0 spiro atoms. The zero-order valence-corrected chi connectivity index (χ0v) is 35.5. The third-order valence-corrected chi connectivity index (χ3v) is 12.6. The van der Waals surface area contributed by atoms with Gasteiger partial charge >= 0.3 is 6.09 Å². The van der Waals surface area contributed by atoms with Crippen LogP contribution in [-0.2, 0) is 4.74 Å². The van der Waals surface area contributed by atoms with Crippen molar-refractivity contribution >= 4 is 34.4 Å². The molecule has 0 saturated carbocycles. The monoisotopic (exact) mass is 849 g/mol. The van der Waals surface area contributed by atoms with E-state index in [1.807, 2.05) is 78.9 Å². The number of Topliss-reactive ketones (excluding diaryl/α,β-unsaturated/α-hetero) is 1. The molecule has 4 aromatic carbocycles. The number of nitrogens with one attached hydrogen (secondary N) is 3. The number of benzene rings is 4. The minimum atomic E-state index is -0.760. The van der Waals surface area contributed by atoms with Crippen LogP contribution in [0.25, 0.3) is 10.9 Å². The Hall–Kier alpha value is -5.20. The van der Waals surface area contributed by atoms with E-state index >= 15 is 0 Å². The van der Waals surface area contributed by atoms with Gasteiger partial charge in [-0.1, -0.05) is 104 Å². The zero-order valence-electron chi connectivity index (χ0n) is 34.7. The number of alkyl carbamates (subject to hydrolysis) is 1. The molecule has 8 rings (SSSR count). The van der Waals surface area contributed by atoms with Gasteiger partial charge in [-0.2, -0.15) is 0 Å². The van der Waals surface area contributed by atoms with Crippen LogP contribution in [0.5, 0.6) is 11.5 Å². The largest absolute Gasteiger partial charge is 0.506 e. The van der Waals surface area contributed by atoms with Crippen LogP contribution in [-0.4, -0.2) is 83.5 Å². The van der Waals surface area contributed by atoms with Gasteiger partial charge in [0.25, 0.3) is 0 Å². The molecule has 3 aliphatic rings. The number of quaternary nitrogens is 1. The predicted molar refractivity (Wildman–Crippen MR) is 238 cm³/mol. The van der Waals surface area contributed by atoms with Crippen molar-refractivity contribution < 1.29 is 33.8 Å². The second-order valence-electron chi connectivity index (χ2n) is 16.7. The lowest BCUT2D eigenvalue weighted by molar-refractivity contribution is -0.938. The van der Waals surface area contributed by atoms with Crippen LogP contribution in [0.2, 0.25) is 5.02 Å². The van der Waals surface area contributed by atoms with Crippen LogP contribution in [0.15, 0.2) is 108 Å². The highest BCUT2D eigenvalue weighted by Gasteiger charge is 2.48. The number of amides is 1.